The van der Waals surface area contributed by atoms with Gasteiger partial charge in [-0.1, -0.05) is 31.5 Å². The predicted molar refractivity (Wildman–Crippen MR) is 125 cm³/mol. The Hall–Kier alpha value is -1.86. The van der Waals surface area contributed by atoms with Crippen molar-refractivity contribution in [2.24, 2.45) is 0 Å². The van der Waals surface area contributed by atoms with E-state index in [1.807, 2.05) is 30.3 Å². The molecule has 0 saturated carbocycles. The summed E-state index contributed by atoms with van der Waals surface area (Å²) in [5.74, 6) is 0.0460. The van der Waals surface area contributed by atoms with Crippen molar-refractivity contribution in [1.82, 2.24) is 14.8 Å². The molecule has 1 saturated heterocycles. The minimum Gasteiger partial charge on any atom is -0.392 e. The van der Waals surface area contributed by atoms with Gasteiger partial charge in [0.25, 0.3) is 0 Å². The van der Waals surface area contributed by atoms with E-state index in [9.17, 15) is 9.90 Å². The predicted octanol–water partition coefficient (Wildman–Crippen LogP) is 3.38. The lowest BCUT2D eigenvalue weighted by molar-refractivity contribution is 0.0349. The lowest BCUT2D eigenvalue weighted by Gasteiger charge is -2.29. The summed E-state index contributed by atoms with van der Waals surface area (Å²) in [4.78, 5) is 21.8. The number of carbonyl (C=O) groups is 1. The van der Waals surface area contributed by atoms with Crippen molar-refractivity contribution in [2.45, 2.75) is 45.1 Å². The summed E-state index contributed by atoms with van der Waals surface area (Å²) in [6, 6.07) is 9.70. The topological polar surface area (TPSA) is 65.9 Å². The zero-order valence-corrected chi connectivity index (χ0v) is 18.8. The lowest BCUT2D eigenvalue weighted by atomic mass is 10.0. The summed E-state index contributed by atoms with van der Waals surface area (Å²) in [5, 5.41) is 11.6. The van der Waals surface area contributed by atoms with Crippen molar-refractivity contribution >= 4 is 16.7 Å². The Bertz CT molecular complexity index is 807. The number of para-hydroxylation sites is 1. The van der Waals surface area contributed by atoms with Crippen LogP contribution in [0.4, 0.5) is 0 Å². The third kappa shape index (κ3) is 7.96. The first-order valence-corrected chi connectivity index (χ1v) is 11.7. The van der Waals surface area contributed by atoms with Gasteiger partial charge in [-0.15, -0.1) is 0 Å². The van der Waals surface area contributed by atoms with E-state index in [2.05, 4.69) is 21.7 Å². The van der Waals surface area contributed by atoms with Gasteiger partial charge in [-0.05, 0) is 51.0 Å². The molecule has 1 aromatic carbocycles. The van der Waals surface area contributed by atoms with Gasteiger partial charge in [0.15, 0.2) is 5.78 Å². The van der Waals surface area contributed by atoms with Gasteiger partial charge in [-0.3, -0.25) is 14.7 Å². The van der Waals surface area contributed by atoms with Crippen LogP contribution in [-0.2, 0) is 4.74 Å². The first-order valence-electron chi connectivity index (χ1n) is 11.7. The van der Waals surface area contributed by atoms with Crippen molar-refractivity contribution in [1.29, 1.82) is 0 Å². The number of ketones is 1. The fourth-order valence-corrected chi connectivity index (χ4v) is 4.07. The second-order valence-corrected chi connectivity index (χ2v) is 8.49. The van der Waals surface area contributed by atoms with E-state index in [1.165, 1.54) is 0 Å². The van der Waals surface area contributed by atoms with Crippen LogP contribution in [0.5, 0.6) is 0 Å². The molecule has 1 unspecified atom stereocenters. The van der Waals surface area contributed by atoms with E-state index >= 15 is 0 Å². The van der Waals surface area contributed by atoms with Crippen molar-refractivity contribution in [3.63, 3.8) is 0 Å². The van der Waals surface area contributed by atoms with Crippen LogP contribution in [0.2, 0.25) is 0 Å². The van der Waals surface area contributed by atoms with Crippen LogP contribution in [0, 0.1) is 0 Å². The van der Waals surface area contributed by atoms with Gasteiger partial charge < -0.3 is 14.7 Å². The Kier molecular flexibility index (Phi) is 9.87. The van der Waals surface area contributed by atoms with Crippen molar-refractivity contribution < 1.29 is 14.6 Å². The minimum absolute atomic E-state index is 0.0460. The van der Waals surface area contributed by atoms with Crippen LogP contribution < -0.4 is 0 Å². The van der Waals surface area contributed by atoms with E-state index in [4.69, 9.17) is 4.74 Å². The number of carbonyl (C=O) groups excluding carboxylic acids is 1. The third-order valence-electron chi connectivity index (χ3n) is 5.97. The number of nitrogens with zero attached hydrogens (tertiary/aromatic N) is 3. The van der Waals surface area contributed by atoms with E-state index < -0.39 is 6.10 Å². The highest BCUT2D eigenvalue weighted by Crippen LogP contribution is 2.15. The number of aliphatic hydroxyl groups excluding tert-OH is 1. The maximum atomic E-state index is 12.6. The van der Waals surface area contributed by atoms with E-state index in [0.717, 1.165) is 76.1 Å². The van der Waals surface area contributed by atoms with Crippen LogP contribution in [0.25, 0.3) is 10.9 Å². The number of morpholine rings is 1. The minimum atomic E-state index is -0.488. The van der Waals surface area contributed by atoms with Gasteiger partial charge in [0, 0.05) is 43.2 Å². The van der Waals surface area contributed by atoms with Crippen LogP contribution in [0.15, 0.2) is 36.5 Å². The summed E-state index contributed by atoms with van der Waals surface area (Å²) in [7, 11) is 0. The number of aliphatic hydroxyl groups is 1. The molecule has 2 aromatic rings. The van der Waals surface area contributed by atoms with Crippen LogP contribution in [-0.4, -0.2) is 84.3 Å². The quantitative estimate of drug-likeness (QED) is 0.495. The number of hydrogen-bond donors (Lipinski definition) is 1. The first kappa shape index (κ1) is 23.8. The second-order valence-electron chi connectivity index (χ2n) is 8.49. The van der Waals surface area contributed by atoms with Crippen LogP contribution in [0.3, 0.4) is 0 Å². The van der Waals surface area contributed by atoms with Gasteiger partial charge in [0.2, 0.25) is 0 Å². The van der Waals surface area contributed by atoms with Crippen molar-refractivity contribution in [3.05, 3.63) is 42.1 Å². The van der Waals surface area contributed by atoms with Gasteiger partial charge in [-0.2, -0.15) is 0 Å². The monoisotopic (exact) mass is 427 g/mol. The average Bonchev–Trinajstić information content (AvgIpc) is 2.81. The number of Topliss-reactive ketones (excluding diaryl/α,β-unsaturated/α-hetero) is 1. The molecule has 3 rings (SSSR count). The van der Waals surface area contributed by atoms with E-state index in [-0.39, 0.29) is 5.78 Å². The standard InChI is InChI=1S/C25H37N3O3/c1-2-3-11-28(13-6-12-27-14-16-31-17-15-27)20-23(29)9-10-25(30)22-18-21-7-4-5-8-24(21)26-19-22/h4-5,7-8,18-19,23,29H,2-3,6,9-17,20H2,1H3. The number of pyridine rings is 1. The first-order chi connectivity index (χ1) is 15.2. The molecule has 2 heterocycles. The average molecular weight is 428 g/mol. The Morgan fingerprint density at radius 3 is 2.81 bits per heavy atom. The molecule has 1 aliphatic rings. The summed E-state index contributed by atoms with van der Waals surface area (Å²) >= 11 is 0. The maximum absolute atomic E-state index is 12.6. The molecule has 6 heteroatoms. The molecule has 1 fully saturated rings. The number of aromatic nitrogens is 1. The SMILES string of the molecule is CCCCN(CCCN1CCOCC1)CC(O)CCC(=O)c1cnc2ccccc2c1. The van der Waals surface area contributed by atoms with E-state index in [1.54, 1.807) is 6.20 Å². The molecular formula is C25H37N3O3. The highest BCUT2D eigenvalue weighted by Gasteiger charge is 2.16. The molecule has 1 N–H and O–H groups in total. The molecule has 1 aliphatic heterocycles. The summed E-state index contributed by atoms with van der Waals surface area (Å²) < 4.78 is 5.42. The molecule has 0 spiro atoms. The maximum Gasteiger partial charge on any atom is 0.164 e. The second kappa shape index (κ2) is 12.9. The fourth-order valence-electron chi connectivity index (χ4n) is 4.07. The van der Waals surface area contributed by atoms with Gasteiger partial charge in [0.1, 0.15) is 0 Å². The molecule has 1 atom stereocenters. The molecule has 0 aliphatic carbocycles. The Morgan fingerprint density at radius 1 is 1.23 bits per heavy atom. The molecule has 6 nitrogen and oxygen atoms in total. The Balaban J connectivity index is 1.43. The third-order valence-corrected chi connectivity index (χ3v) is 5.97. The fraction of sp³-hybridized carbons (Fsp3) is 0.600. The molecule has 0 bridgehead atoms. The number of ether oxygens (including phenoxy) is 1. The molecule has 0 radical (unpaired) electrons. The summed E-state index contributed by atoms with van der Waals surface area (Å²) in [5.41, 5.74) is 1.52. The highest BCUT2D eigenvalue weighted by molar-refractivity contribution is 5.98. The van der Waals surface area contributed by atoms with Crippen molar-refractivity contribution in [2.75, 3.05) is 52.5 Å². The van der Waals surface area contributed by atoms with Crippen LogP contribution in [0.1, 0.15) is 49.4 Å². The number of unbranched alkanes of at least 4 members (excludes halogenated alkanes) is 1. The van der Waals surface area contributed by atoms with Gasteiger partial charge >= 0.3 is 0 Å². The zero-order chi connectivity index (χ0) is 21.9. The largest absolute Gasteiger partial charge is 0.392 e. The molecule has 1 aromatic heterocycles. The smallest absolute Gasteiger partial charge is 0.164 e. The number of benzene rings is 1. The number of fused-ring (bicyclic) bond motifs is 1. The van der Waals surface area contributed by atoms with Crippen LogP contribution >= 0.6 is 0 Å². The molecular weight excluding hydrogens is 390 g/mol. The molecule has 0 amide bonds. The Morgan fingerprint density at radius 2 is 2.00 bits per heavy atom. The van der Waals surface area contributed by atoms with Gasteiger partial charge in [0.05, 0.1) is 24.8 Å². The Labute approximate surface area is 186 Å². The van der Waals surface area contributed by atoms with E-state index in [0.29, 0.717) is 24.9 Å². The number of rotatable bonds is 13. The zero-order valence-electron chi connectivity index (χ0n) is 18.8. The van der Waals surface area contributed by atoms with Gasteiger partial charge in [-0.25, -0.2) is 0 Å². The lowest BCUT2D eigenvalue weighted by Crippen LogP contribution is -2.39. The highest BCUT2D eigenvalue weighted by atomic mass is 16.5. The molecule has 31 heavy (non-hydrogen) atoms. The summed E-state index contributed by atoms with van der Waals surface area (Å²) in [6.07, 6.45) is 5.36. The van der Waals surface area contributed by atoms with Crippen molar-refractivity contribution in [3.8, 4) is 0 Å². The normalized spacial score (nSPS) is 16.1. The molecule has 170 valence electrons. The summed E-state index contributed by atoms with van der Waals surface area (Å²) in [6.45, 7) is 9.58. The number of hydrogen-bond acceptors (Lipinski definition) is 6.